The molecule has 0 radical (unpaired) electrons. The number of carbonyl (C=O) groups is 3. The molecule has 0 N–H and O–H groups in total. The average molecular weight is 324 g/mol. The van der Waals surface area contributed by atoms with Crippen LogP contribution in [0.25, 0.3) is 0 Å². The van der Waals surface area contributed by atoms with Crippen molar-refractivity contribution in [1.82, 2.24) is 4.90 Å². The summed E-state index contributed by atoms with van der Waals surface area (Å²) >= 11 is 0. The van der Waals surface area contributed by atoms with Crippen LogP contribution in [0.2, 0.25) is 0 Å². The molecule has 1 atom stereocenters. The van der Waals surface area contributed by atoms with Crippen molar-refractivity contribution in [3.05, 3.63) is 65.2 Å². The lowest BCUT2D eigenvalue weighted by molar-refractivity contribution is -0.310. The lowest BCUT2D eigenvalue weighted by Crippen LogP contribution is -2.51. The number of amides is 2. The quantitative estimate of drug-likeness (QED) is 0.754. The molecule has 0 saturated carbocycles. The van der Waals surface area contributed by atoms with E-state index >= 15 is 0 Å². The Hall–Kier alpha value is -3.15. The van der Waals surface area contributed by atoms with Crippen molar-refractivity contribution in [2.24, 2.45) is 0 Å². The van der Waals surface area contributed by atoms with E-state index in [-0.39, 0.29) is 17.5 Å². The van der Waals surface area contributed by atoms with Crippen LogP contribution in [0.3, 0.4) is 0 Å². The third kappa shape index (κ3) is 2.62. The number of fused-ring (bicyclic) bond motifs is 1. The summed E-state index contributed by atoms with van der Waals surface area (Å²) in [7, 11) is 1.53. The second-order valence-corrected chi connectivity index (χ2v) is 5.41. The minimum atomic E-state index is -1.47. The van der Waals surface area contributed by atoms with Gasteiger partial charge in [-0.25, -0.2) is 0 Å². The maximum absolute atomic E-state index is 12.4. The van der Waals surface area contributed by atoms with E-state index in [1.165, 1.54) is 19.2 Å². The average Bonchev–Trinajstić information content (AvgIpc) is 2.85. The molecule has 6 nitrogen and oxygen atoms in total. The molecule has 0 saturated heterocycles. The lowest BCUT2D eigenvalue weighted by atomic mass is 10.0. The van der Waals surface area contributed by atoms with Crippen molar-refractivity contribution in [1.29, 1.82) is 0 Å². The highest BCUT2D eigenvalue weighted by Gasteiger charge is 2.40. The van der Waals surface area contributed by atoms with E-state index in [0.717, 1.165) is 4.90 Å². The molecule has 1 aliphatic heterocycles. The number of nitrogens with zero attached hydrogens (tertiary/aromatic N) is 1. The first-order valence-electron chi connectivity index (χ1n) is 7.33. The van der Waals surface area contributed by atoms with E-state index in [1.54, 1.807) is 36.4 Å². The van der Waals surface area contributed by atoms with Gasteiger partial charge in [0.25, 0.3) is 11.8 Å². The molecule has 0 spiro atoms. The molecule has 0 fully saturated rings. The minimum absolute atomic E-state index is 0.0300. The Morgan fingerprint density at radius 1 is 1.04 bits per heavy atom. The largest absolute Gasteiger partial charge is 0.548 e. The van der Waals surface area contributed by atoms with Gasteiger partial charge in [-0.15, -0.1) is 0 Å². The predicted octanol–water partition coefficient (Wildman–Crippen LogP) is 0.652. The fourth-order valence-corrected chi connectivity index (χ4v) is 2.76. The highest BCUT2D eigenvalue weighted by Crippen LogP contribution is 2.26. The SMILES string of the molecule is COc1ccc(C[C@@H](C(=O)[O-])N2C(=O)c3ccccc3C2=O)cc1. The first-order valence-corrected chi connectivity index (χ1v) is 7.33. The van der Waals surface area contributed by atoms with Crippen molar-refractivity contribution in [2.75, 3.05) is 7.11 Å². The predicted molar refractivity (Wildman–Crippen MR) is 82.4 cm³/mol. The number of aliphatic carboxylic acids is 1. The summed E-state index contributed by atoms with van der Waals surface area (Å²) in [6.07, 6.45) is -0.0300. The van der Waals surface area contributed by atoms with Gasteiger partial charge in [0.15, 0.2) is 0 Å². The molecule has 0 unspecified atom stereocenters. The highest BCUT2D eigenvalue weighted by atomic mass is 16.5. The second-order valence-electron chi connectivity index (χ2n) is 5.41. The molecular weight excluding hydrogens is 310 g/mol. The molecule has 3 rings (SSSR count). The molecule has 0 aliphatic carbocycles. The van der Waals surface area contributed by atoms with Gasteiger partial charge in [0, 0.05) is 0 Å². The zero-order chi connectivity index (χ0) is 17.3. The highest BCUT2D eigenvalue weighted by molar-refractivity contribution is 6.22. The van der Waals surface area contributed by atoms with Crippen molar-refractivity contribution >= 4 is 17.8 Å². The Morgan fingerprint density at radius 2 is 1.58 bits per heavy atom. The Morgan fingerprint density at radius 3 is 2.04 bits per heavy atom. The van der Waals surface area contributed by atoms with Gasteiger partial charge in [-0.1, -0.05) is 24.3 Å². The van der Waals surface area contributed by atoms with Crippen LogP contribution in [0.5, 0.6) is 5.75 Å². The van der Waals surface area contributed by atoms with Gasteiger partial charge < -0.3 is 14.6 Å². The molecule has 2 amide bonds. The van der Waals surface area contributed by atoms with Crippen LogP contribution >= 0.6 is 0 Å². The van der Waals surface area contributed by atoms with Crippen LogP contribution in [0.15, 0.2) is 48.5 Å². The topological polar surface area (TPSA) is 86.7 Å². The lowest BCUT2D eigenvalue weighted by Gasteiger charge is -2.27. The number of carbonyl (C=O) groups excluding carboxylic acids is 3. The molecule has 0 bridgehead atoms. The van der Waals surface area contributed by atoms with E-state index < -0.39 is 23.8 Å². The summed E-state index contributed by atoms with van der Waals surface area (Å²) in [5.74, 6) is -2.07. The maximum atomic E-state index is 12.4. The minimum Gasteiger partial charge on any atom is -0.548 e. The zero-order valence-corrected chi connectivity index (χ0v) is 12.9. The van der Waals surface area contributed by atoms with Gasteiger partial charge in [-0.05, 0) is 36.2 Å². The molecule has 1 aliphatic rings. The molecule has 2 aromatic rings. The Bertz CT molecular complexity index is 777. The maximum Gasteiger partial charge on any atom is 0.262 e. The second kappa shape index (κ2) is 6.16. The van der Waals surface area contributed by atoms with E-state index in [1.807, 2.05) is 0 Å². The number of hydrogen-bond acceptors (Lipinski definition) is 5. The normalized spacial score (nSPS) is 14.5. The number of rotatable bonds is 5. The van der Waals surface area contributed by atoms with Crippen LogP contribution in [0.4, 0.5) is 0 Å². The number of hydrogen-bond donors (Lipinski definition) is 0. The fourth-order valence-electron chi connectivity index (χ4n) is 2.76. The first kappa shape index (κ1) is 15.7. The van der Waals surface area contributed by atoms with Gasteiger partial charge >= 0.3 is 0 Å². The third-order valence-corrected chi connectivity index (χ3v) is 4.00. The van der Waals surface area contributed by atoms with Crippen LogP contribution < -0.4 is 9.84 Å². The summed E-state index contributed by atoms with van der Waals surface area (Å²) in [6.45, 7) is 0. The van der Waals surface area contributed by atoms with E-state index in [2.05, 4.69) is 0 Å². The molecule has 24 heavy (non-hydrogen) atoms. The summed E-state index contributed by atoms with van der Waals surface area (Å²) in [5.41, 5.74) is 1.08. The van der Waals surface area contributed by atoms with Crippen molar-refractivity contribution in [3.8, 4) is 5.75 Å². The van der Waals surface area contributed by atoms with Gasteiger partial charge in [0.05, 0.1) is 30.2 Å². The van der Waals surface area contributed by atoms with Crippen LogP contribution in [-0.4, -0.2) is 35.8 Å². The molecule has 2 aromatic carbocycles. The monoisotopic (exact) mass is 324 g/mol. The Kier molecular flexibility index (Phi) is 4.04. The number of imide groups is 1. The number of carboxylic acids is 1. The van der Waals surface area contributed by atoms with Crippen LogP contribution in [0.1, 0.15) is 26.3 Å². The molecule has 6 heteroatoms. The number of ether oxygens (including phenoxy) is 1. The zero-order valence-electron chi connectivity index (χ0n) is 12.9. The van der Waals surface area contributed by atoms with Crippen molar-refractivity contribution in [3.63, 3.8) is 0 Å². The Labute approximate surface area is 138 Å². The number of methoxy groups -OCH3 is 1. The van der Waals surface area contributed by atoms with E-state index in [4.69, 9.17) is 4.74 Å². The molecular formula is C18H14NO5-. The van der Waals surface area contributed by atoms with Crippen molar-refractivity contribution in [2.45, 2.75) is 12.5 Å². The van der Waals surface area contributed by atoms with Gasteiger partial charge in [0.2, 0.25) is 0 Å². The Balaban J connectivity index is 1.90. The third-order valence-electron chi connectivity index (χ3n) is 4.00. The fraction of sp³-hybridized carbons (Fsp3) is 0.167. The molecule has 0 aromatic heterocycles. The van der Waals surface area contributed by atoms with Gasteiger partial charge in [-0.2, -0.15) is 0 Å². The summed E-state index contributed by atoms with van der Waals surface area (Å²) in [4.78, 5) is 37.2. The smallest absolute Gasteiger partial charge is 0.262 e. The van der Waals surface area contributed by atoms with Gasteiger partial charge in [-0.3, -0.25) is 14.5 Å². The molecule has 1 heterocycles. The number of benzene rings is 2. The first-order chi connectivity index (χ1) is 11.5. The van der Waals surface area contributed by atoms with E-state index in [0.29, 0.717) is 11.3 Å². The summed E-state index contributed by atoms with van der Waals surface area (Å²) in [5, 5.41) is 11.6. The van der Waals surface area contributed by atoms with Crippen molar-refractivity contribution < 1.29 is 24.2 Å². The van der Waals surface area contributed by atoms with Crippen LogP contribution in [-0.2, 0) is 11.2 Å². The van der Waals surface area contributed by atoms with Gasteiger partial charge in [0.1, 0.15) is 5.75 Å². The van der Waals surface area contributed by atoms with E-state index in [9.17, 15) is 19.5 Å². The molecule has 122 valence electrons. The summed E-state index contributed by atoms with van der Waals surface area (Å²) in [6, 6.07) is 11.7. The van der Waals surface area contributed by atoms with Crippen LogP contribution in [0, 0.1) is 0 Å². The summed E-state index contributed by atoms with van der Waals surface area (Å²) < 4.78 is 5.05. The number of carboxylic acid groups (broad SMARTS) is 1. The standard InChI is InChI=1S/C18H15NO5/c1-24-12-8-6-11(7-9-12)10-15(18(22)23)19-16(20)13-4-2-3-5-14(13)17(19)21/h2-9,15H,10H2,1H3,(H,22,23)/p-1/t15-/m0/s1.